The molecule has 0 fully saturated rings. The zero-order valence-electron chi connectivity index (χ0n) is 6.97. The molecule has 0 amide bonds. The van der Waals surface area contributed by atoms with Crippen molar-refractivity contribution in [3.8, 4) is 0 Å². The van der Waals surface area contributed by atoms with Crippen molar-refractivity contribution in [2.24, 2.45) is 0 Å². The maximum Gasteiger partial charge on any atom is 0.412 e. The number of aliphatic hydroxyl groups is 1. The van der Waals surface area contributed by atoms with Gasteiger partial charge in [0.1, 0.15) is 0 Å². The van der Waals surface area contributed by atoms with Gasteiger partial charge in [0.05, 0.1) is 0 Å². The van der Waals surface area contributed by atoms with Crippen LogP contribution in [0, 0.1) is 0 Å². The third kappa shape index (κ3) is 4.88. The first-order chi connectivity index (χ1) is 5.95. The molecule has 0 rings (SSSR count). The Morgan fingerprint density at radius 3 is 2.15 bits per heavy atom. The quantitative estimate of drug-likeness (QED) is 0.342. The van der Waals surface area contributed by atoms with Crippen molar-refractivity contribution in [3.05, 3.63) is 0 Å². The molecule has 0 bridgehead atoms. The van der Waals surface area contributed by atoms with E-state index in [-0.39, 0.29) is 0 Å². The van der Waals surface area contributed by atoms with Crippen LogP contribution in [0.3, 0.4) is 0 Å². The summed E-state index contributed by atoms with van der Waals surface area (Å²) in [6, 6.07) is 0. The molecule has 13 heavy (non-hydrogen) atoms. The van der Waals surface area contributed by atoms with Crippen molar-refractivity contribution < 1.29 is 34.3 Å². The highest BCUT2D eigenvalue weighted by atomic mass is 17.5. The number of carbonyl (C=O) groups excluding carboxylic acids is 3. The zero-order chi connectivity index (χ0) is 10.4. The lowest BCUT2D eigenvalue weighted by Gasteiger charge is -2.01. The van der Waals surface area contributed by atoms with E-state index in [0.29, 0.717) is 0 Å². The van der Waals surface area contributed by atoms with Crippen LogP contribution in [0.15, 0.2) is 0 Å². The molecular weight excluding hydrogens is 184 g/mol. The second kappa shape index (κ2) is 5.22. The maximum atomic E-state index is 10.4. The van der Waals surface area contributed by atoms with E-state index in [2.05, 4.69) is 14.8 Å². The first-order valence-corrected chi connectivity index (χ1v) is 3.23. The van der Waals surface area contributed by atoms with Crippen molar-refractivity contribution in [3.63, 3.8) is 0 Å². The van der Waals surface area contributed by atoms with Crippen LogP contribution in [-0.2, 0) is 29.2 Å². The van der Waals surface area contributed by atoms with Gasteiger partial charge in [-0.2, -0.15) is 0 Å². The molecule has 0 saturated heterocycles. The molecule has 0 aliphatic carbocycles. The van der Waals surface area contributed by atoms with Crippen LogP contribution >= 0.6 is 0 Å². The van der Waals surface area contributed by atoms with Gasteiger partial charge < -0.3 is 5.11 Å². The van der Waals surface area contributed by atoms with Gasteiger partial charge in [-0.3, -0.25) is 14.6 Å². The fraction of sp³-hybridized carbons (Fsp3) is 0.500. The van der Waals surface area contributed by atoms with Crippen molar-refractivity contribution in [1.29, 1.82) is 0 Å². The first-order valence-electron chi connectivity index (χ1n) is 3.23. The van der Waals surface area contributed by atoms with Crippen LogP contribution in [0.5, 0.6) is 0 Å². The normalized spacial score (nSPS) is 11.6. The third-order valence-electron chi connectivity index (χ3n) is 0.854. The lowest BCUT2D eigenvalue weighted by atomic mass is 10.4. The Morgan fingerprint density at radius 1 is 1.23 bits per heavy atom. The Balaban J connectivity index is 3.63. The number of aliphatic hydroxyl groups excluding tert-OH is 1. The molecule has 0 saturated carbocycles. The second-order valence-electron chi connectivity index (χ2n) is 2.07. The fourth-order valence-corrected chi connectivity index (χ4v) is 0.210. The minimum Gasteiger partial charge on any atom is -0.382 e. The summed E-state index contributed by atoms with van der Waals surface area (Å²) in [5.41, 5.74) is 0. The molecule has 0 spiro atoms. The SMILES string of the molecule is CC(=O)C(=O)OOOC(=O)C(C)O. The minimum absolute atomic E-state index is 0.909. The van der Waals surface area contributed by atoms with Gasteiger partial charge in [0.15, 0.2) is 6.10 Å². The molecule has 0 aliphatic rings. The van der Waals surface area contributed by atoms with E-state index < -0.39 is 23.8 Å². The van der Waals surface area contributed by atoms with Gasteiger partial charge in [-0.25, -0.2) is 9.59 Å². The summed E-state index contributed by atoms with van der Waals surface area (Å²) in [6.45, 7) is 2.07. The average molecular weight is 192 g/mol. The number of ketones is 1. The molecule has 74 valence electrons. The lowest BCUT2D eigenvalue weighted by molar-refractivity contribution is -0.459. The summed E-state index contributed by atoms with van der Waals surface area (Å²) >= 11 is 0. The summed E-state index contributed by atoms with van der Waals surface area (Å²) < 4.78 is 0. The van der Waals surface area contributed by atoms with Crippen molar-refractivity contribution in [2.75, 3.05) is 0 Å². The molecule has 0 heterocycles. The van der Waals surface area contributed by atoms with E-state index in [1.807, 2.05) is 0 Å². The van der Waals surface area contributed by atoms with Gasteiger partial charge in [-0.05, 0) is 6.92 Å². The van der Waals surface area contributed by atoms with E-state index in [9.17, 15) is 14.4 Å². The number of rotatable bonds is 4. The zero-order valence-corrected chi connectivity index (χ0v) is 6.97. The highest BCUT2D eigenvalue weighted by Crippen LogP contribution is 1.90. The molecule has 7 nitrogen and oxygen atoms in total. The predicted molar refractivity (Wildman–Crippen MR) is 35.6 cm³/mol. The molecule has 1 N–H and O–H groups in total. The van der Waals surface area contributed by atoms with E-state index in [4.69, 9.17) is 5.11 Å². The topological polar surface area (TPSA) is 99.1 Å². The molecule has 7 heteroatoms. The van der Waals surface area contributed by atoms with E-state index in [1.165, 1.54) is 0 Å². The van der Waals surface area contributed by atoms with Crippen molar-refractivity contribution >= 4 is 17.7 Å². The summed E-state index contributed by atoms with van der Waals surface area (Å²) in [7, 11) is 0. The van der Waals surface area contributed by atoms with Gasteiger partial charge in [0.25, 0.3) is 0 Å². The van der Waals surface area contributed by atoms with Crippen molar-refractivity contribution in [1.82, 2.24) is 0 Å². The van der Waals surface area contributed by atoms with Gasteiger partial charge in [0.2, 0.25) is 5.78 Å². The number of hydrogen-bond donors (Lipinski definition) is 1. The molecule has 0 aromatic carbocycles. The molecule has 1 atom stereocenters. The predicted octanol–water partition coefficient (Wildman–Crippen LogP) is -1.11. The summed E-state index contributed by atoms with van der Waals surface area (Å²) in [5, 5.41) is 12.1. The number of Topliss-reactive ketones (excluding diaryl/α,β-unsaturated/α-hetero) is 1. The molecule has 0 aliphatic heterocycles. The highest BCUT2D eigenvalue weighted by Gasteiger charge is 2.15. The van der Waals surface area contributed by atoms with Crippen LogP contribution in [0.4, 0.5) is 0 Å². The standard InChI is InChI=1S/C6H8O7/c1-3(7)5(9)11-13-12-6(10)4(2)8/h3,7H,1-2H3. The maximum absolute atomic E-state index is 10.4. The van der Waals surface area contributed by atoms with Gasteiger partial charge >= 0.3 is 11.9 Å². The summed E-state index contributed by atoms with van der Waals surface area (Å²) in [6.07, 6.45) is -1.41. The lowest BCUT2D eigenvalue weighted by Crippen LogP contribution is -2.22. The summed E-state index contributed by atoms with van der Waals surface area (Å²) in [5.74, 6) is -3.36. The van der Waals surface area contributed by atoms with Crippen LogP contribution in [0.2, 0.25) is 0 Å². The van der Waals surface area contributed by atoms with E-state index in [1.54, 1.807) is 0 Å². The molecule has 0 aromatic rings. The van der Waals surface area contributed by atoms with Gasteiger partial charge in [-0.1, -0.05) is 0 Å². The van der Waals surface area contributed by atoms with Gasteiger partial charge in [0, 0.05) is 12.0 Å². The van der Waals surface area contributed by atoms with Crippen molar-refractivity contribution in [2.45, 2.75) is 20.0 Å². The number of hydrogen-bond acceptors (Lipinski definition) is 7. The van der Waals surface area contributed by atoms with E-state index >= 15 is 0 Å². The largest absolute Gasteiger partial charge is 0.412 e. The number of carbonyl (C=O) groups is 3. The average Bonchev–Trinajstić information content (AvgIpc) is 2.03. The molecule has 1 unspecified atom stereocenters. The highest BCUT2D eigenvalue weighted by molar-refractivity contribution is 6.32. The Kier molecular flexibility index (Phi) is 4.63. The van der Waals surface area contributed by atoms with Crippen LogP contribution in [-0.4, -0.2) is 28.9 Å². The Hall–Kier alpha value is -1.47. The molecule has 0 aromatic heterocycles. The van der Waals surface area contributed by atoms with Crippen LogP contribution in [0.1, 0.15) is 13.8 Å². The fourth-order valence-electron chi connectivity index (χ4n) is 0.210. The Bertz CT molecular complexity index is 219. The first kappa shape index (κ1) is 11.5. The smallest absolute Gasteiger partial charge is 0.382 e. The second-order valence-corrected chi connectivity index (χ2v) is 2.07. The monoisotopic (exact) mass is 192 g/mol. The summed E-state index contributed by atoms with van der Waals surface area (Å²) in [4.78, 5) is 38.4. The van der Waals surface area contributed by atoms with Crippen LogP contribution in [0.25, 0.3) is 0 Å². The Labute approximate surface area is 73.0 Å². The Morgan fingerprint density at radius 2 is 1.77 bits per heavy atom. The van der Waals surface area contributed by atoms with Crippen LogP contribution < -0.4 is 0 Å². The minimum atomic E-state index is -1.41. The van der Waals surface area contributed by atoms with Gasteiger partial charge in [-0.15, -0.1) is 0 Å². The van der Waals surface area contributed by atoms with E-state index in [0.717, 1.165) is 13.8 Å². The molecular formula is C6H8O7. The third-order valence-corrected chi connectivity index (χ3v) is 0.854. The molecule has 0 radical (unpaired) electrons.